The molecule has 6 heteroatoms. The first-order valence-corrected chi connectivity index (χ1v) is 10.4. The summed E-state index contributed by atoms with van der Waals surface area (Å²) in [6.45, 7) is 0.882. The zero-order chi connectivity index (χ0) is 20.6. The second-order valence-electron chi connectivity index (χ2n) is 6.53. The third-order valence-electron chi connectivity index (χ3n) is 4.34. The van der Waals surface area contributed by atoms with Crippen molar-refractivity contribution >= 4 is 17.2 Å². The highest BCUT2D eigenvalue weighted by Crippen LogP contribution is 2.23. The lowest BCUT2D eigenvalue weighted by atomic mass is 10.1. The van der Waals surface area contributed by atoms with Gasteiger partial charge in [-0.3, -0.25) is 4.79 Å². The third kappa shape index (κ3) is 5.46. The van der Waals surface area contributed by atoms with Crippen LogP contribution in [0.15, 0.2) is 90.4 Å². The Morgan fingerprint density at radius 2 is 1.73 bits per heavy atom. The van der Waals surface area contributed by atoms with E-state index in [4.69, 9.17) is 9.47 Å². The van der Waals surface area contributed by atoms with Crippen LogP contribution in [0.3, 0.4) is 0 Å². The molecule has 0 aliphatic heterocycles. The van der Waals surface area contributed by atoms with E-state index in [2.05, 4.69) is 10.3 Å². The van der Waals surface area contributed by atoms with E-state index in [0.29, 0.717) is 35.4 Å². The number of thiazole rings is 1. The molecule has 1 amide bonds. The summed E-state index contributed by atoms with van der Waals surface area (Å²) < 4.78 is 11.4. The van der Waals surface area contributed by atoms with Crippen LogP contribution in [0.2, 0.25) is 0 Å². The molecule has 0 aliphatic carbocycles. The lowest BCUT2D eigenvalue weighted by Gasteiger charge is -2.09. The topological polar surface area (TPSA) is 60.5 Å². The van der Waals surface area contributed by atoms with Gasteiger partial charge in [0.05, 0.1) is 0 Å². The van der Waals surface area contributed by atoms with E-state index in [-0.39, 0.29) is 5.91 Å². The molecule has 0 aliphatic rings. The van der Waals surface area contributed by atoms with Crippen LogP contribution in [0.1, 0.15) is 21.5 Å². The highest BCUT2D eigenvalue weighted by Gasteiger charge is 2.07. The van der Waals surface area contributed by atoms with Crippen LogP contribution in [0.4, 0.5) is 0 Å². The zero-order valence-electron chi connectivity index (χ0n) is 16.2. The predicted octanol–water partition coefficient (Wildman–Crippen LogP) is 5.44. The molecule has 4 rings (SSSR count). The molecular weight excluding hydrogens is 396 g/mol. The summed E-state index contributed by atoms with van der Waals surface area (Å²) in [6, 6.07) is 24.7. The third-order valence-corrected chi connectivity index (χ3v) is 4.98. The molecule has 3 aromatic carbocycles. The van der Waals surface area contributed by atoms with E-state index in [0.717, 1.165) is 11.1 Å². The summed E-state index contributed by atoms with van der Waals surface area (Å²) in [4.78, 5) is 16.6. The van der Waals surface area contributed by atoms with Gasteiger partial charge in [0.25, 0.3) is 11.1 Å². The highest BCUT2D eigenvalue weighted by atomic mass is 32.1. The molecule has 0 saturated heterocycles. The number of aromatic nitrogens is 1. The minimum absolute atomic E-state index is 0.150. The van der Waals surface area contributed by atoms with Crippen molar-refractivity contribution in [2.75, 3.05) is 0 Å². The standard InChI is InChI=1S/C24H20N2O3S/c27-23(20-7-4-8-22(15-20)28-17-19-5-2-1-3-6-19)26-16-18-9-11-21(12-10-18)29-24-25-13-14-30-24/h1-15H,16-17H2,(H,26,27). The minimum atomic E-state index is -0.150. The first kappa shape index (κ1) is 19.7. The molecule has 4 aromatic rings. The zero-order valence-corrected chi connectivity index (χ0v) is 17.0. The maximum Gasteiger partial charge on any atom is 0.278 e. The highest BCUT2D eigenvalue weighted by molar-refractivity contribution is 7.11. The molecule has 1 aromatic heterocycles. The van der Waals surface area contributed by atoms with Gasteiger partial charge in [-0.2, -0.15) is 0 Å². The van der Waals surface area contributed by atoms with Crippen molar-refractivity contribution in [2.45, 2.75) is 13.2 Å². The number of nitrogens with zero attached hydrogens (tertiary/aromatic N) is 1. The van der Waals surface area contributed by atoms with E-state index in [1.54, 1.807) is 18.3 Å². The first-order valence-electron chi connectivity index (χ1n) is 9.47. The molecule has 0 spiro atoms. The van der Waals surface area contributed by atoms with Crippen LogP contribution in [0.25, 0.3) is 0 Å². The summed E-state index contributed by atoms with van der Waals surface area (Å²) in [5, 5.41) is 5.40. The molecule has 150 valence electrons. The van der Waals surface area contributed by atoms with Crippen LogP contribution in [-0.2, 0) is 13.2 Å². The Labute approximate surface area is 178 Å². The van der Waals surface area contributed by atoms with Gasteiger partial charge in [0.15, 0.2) is 0 Å². The first-order chi connectivity index (χ1) is 14.8. The van der Waals surface area contributed by atoms with Gasteiger partial charge in [-0.1, -0.05) is 59.9 Å². The van der Waals surface area contributed by atoms with Crippen molar-refractivity contribution < 1.29 is 14.3 Å². The minimum Gasteiger partial charge on any atom is -0.489 e. The summed E-state index contributed by atoms with van der Waals surface area (Å²) >= 11 is 1.44. The monoisotopic (exact) mass is 416 g/mol. The van der Waals surface area contributed by atoms with Gasteiger partial charge in [-0.05, 0) is 41.5 Å². The van der Waals surface area contributed by atoms with Gasteiger partial charge in [0, 0.05) is 23.7 Å². The molecule has 0 saturated carbocycles. The molecule has 1 N–H and O–H groups in total. The lowest BCUT2D eigenvalue weighted by Crippen LogP contribution is -2.22. The quantitative estimate of drug-likeness (QED) is 0.415. The smallest absolute Gasteiger partial charge is 0.278 e. The number of hydrogen-bond donors (Lipinski definition) is 1. The van der Waals surface area contributed by atoms with E-state index in [1.807, 2.05) is 72.1 Å². The Morgan fingerprint density at radius 3 is 2.50 bits per heavy atom. The predicted molar refractivity (Wildman–Crippen MR) is 117 cm³/mol. The van der Waals surface area contributed by atoms with E-state index >= 15 is 0 Å². The van der Waals surface area contributed by atoms with Gasteiger partial charge >= 0.3 is 0 Å². The van der Waals surface area contributed by atoms with Gasteiger partial charge in [-0.25, -0.2) is 4.98 Å². The number of carbonyl (C=O) groups is 1. The fourth-order valence-corrected chi connectivity index (χ4v) is 3.29. The van der Waals surface area contributed by atoms with Crippen LogP contribution in [0.5, 0.6) is 16.7 Å². The second-order valence-corrected chi connectivity index (χ2v) is 7.39. The maximum absolute atomic E-state index is 12.5. The van der Waals surface area contributed by atoms with E-state index < -0.39 is 0 Å². The number of carbonyl (C=O) groups excluding carboxylic acids is 1. The SMILES string of the molecule is O=C(NCc1ccc(Oc2nccs2)cc1)c1cccc(OCc2ccccc2)c1. The summed E-state index contributed by atoms with van der Waals surface area (Å²) in [5.41, 5.74) is 2.62. The van der Waals surface area contributed by atoms with Gasteiger partial charge < -0.3 is 14.8 Å². The summed E-state index contributed by atoms with van der Waals surface area (Å²) in [6.07, 6.45) is 1.70. The van der Waals surface area contributed by atoms with Crippen molar-refractivity contribution in [3.63, 3.8) is 0 Å². The fraction of sp³-hybridized carbons (Fsp3) is 0.0833. The van der Waals surface area contributed by atoms with Crippen molar-refractivity contribution in [3.8, 4) is 16.7 Å². The van der Waals surface area contributed by atoms with E-state index in [1.165, 1.54) is 11.3 Å². The molecule has 0 atom stereocenters. The van der Waals surface area contributed by atoms with Crippen LogP contribution in [-0.4, -0.2) is 10.9 Å². The molecule has 30 heavy (non-hydrogen) atoms. The van der Waals surface area contributed by atoms with Crippen molar-refractivity contribution in [1.82, 2.24) is 10.3 Å². The molecule has 1 heterocycles. The number of nitrogens with one attached hydrogen (secondary N) is 1. The molecule has 0 fully saturated rings. The van der Waals surface area contributed by atoms with Crippen LogP contribution < -0.4 is 14.8 Å². The second kappa shape index (κ2) is 9.71. The molecule has 5 nitrogen and oxygen atoms in total. The number of hydrogen-bond acceptors (Lipinski definition) is 5. The largest absolute Gasteiger partial charge is 0.489 e. The molecule has 0 bridgehead atoms. The average Bonchev–Trinajstić information content (AvgIpc) is 3.31. The molecule has 0 radical (unpaired) electrons. The Hall–Kier alpha value is -3.64. The molecule has 0 unspecified atom stereocenters. The normalized spacial score (nSPS) is 10.4. The Balaban J connectivity index is 1.30. The molecular formula is C24H20N2O3S. The van der Waals surface area contributed by atoms with Crippen molar-refractivity contribution in [1.29, 1.82) is 0 Å². The number of ether oxygens (including phenoxy) is 2. The van der Waals surface area contributed by atoms with Gasteiger partial charge in [0.1, 0.15) is 18.1 Å². The van der Waals surface area contributed by atoms with Crippen LogP contribution >= 0.6 is 11.3 Å². The van der Waals surface area contributed by atoms with Gasteiger partial charge in [0.2, 0.25) is 0 Å². The number of amides is 1. The number of rotatable bonds is 8. The van der Waals surface area contributed by atoms with Crippen molar-refractivity contribution in [3.05, 3.63) is 107 Å². The van der Waals surface area contributed by atoms with Gasteiger partial charge in [-0.15, -0.1) is 0 Å². The Morgan fingerprint density at radius 1 is 0.900 bits per heavy atom. The Kier molecular flexibility index (Phi) is 6.37. The summed E-state index contributed by atoms with van der Waals surface area (Å²) in [5.74, 6) is 1.22. The fourth-order valence-electron chi connectivity index (χ4n) is 2.79. The maximum atomic E-state index is 12.5. The number of benzene rings is 3. The average molecular weight is 417 g/mol. The summed E-state index contributed by atoms with van der Waals surface area (Å²) in [7, 11) is 0. The van der Waals surface area contributed by atoms with Crippen molar-refractivity contribution in [2.24, 2.45) is 0 Å². The van der Waals surface area contributed by atoms with E-state index in [9.17, 15) is 4.79 Å². The Bertz CT molecular complexity index is 1080. The van der Waals surface area contributed by atoms with Crippen LogP contribution in [0, 0.1) is 0 Å². The lowest BCUT2D eigenvalue weighted by molar-refractivity contribution is 0.0950.